The van der Waals surface area contributed by atoms with Gasteiger partial charge in [-0.3, -0.25) is 4.79 Å². The first kappa shape index (κ1) is 16.0. The maximum atomic E-state index is 12.2. The van der Waals surface area contributed by atoms with Crippen LogP contribution in [0.2, 0.25) is 0 Å². The molecule has 1 fully saturated rings. The molecule has 1 saturated heterocycles. The molecule has 0 aliphatic carbocycles. The highest BCUT2D eigenvalue weighted by Crippen LogP contribution is 2.25. The Labute approximate surface area is 139 Å². The van der Waals surface area contributed by atoms with Gasteiger partial charge < -0.3 is 14.2 Å². The van der Waals surface area contributed by atoms with Crippen LogP contribution in [-0.2, 0) is 4.79 Å². The van der Waals surface area contributed by atoms with E-state index in [1.807, 2.05) is 36.1 Å². The first-order valence-electron chi connectivity index (χ1n) is 7.62. The summed E-state index contributed by atoms with van der Waals surface area (Å²) in [4.78, 5) is 16.3. The smallest absolute Gasteiger partial charge is 0.277 e. The second-order valence-electron chi connectivity index (χ2n) is 5.66. The maximum absolute atomic E-state index is 12.2. The number of aromatic nitrogens is 2. The summed E-state index contributed by atoms with van der Waals surface area (Å²) in [6.07, 6.45) is 0. The number of hydrogen-bond acceptors (Lipinski definition) is 6. The van der Waals surface area contributed by atoms with Crippen LogP contribution in [0.4, 0.5) is 0 Å². The Morgan fingerprint density at radius 2 is 1.96 bits per heavy atom. The van der Waals surface area contributed by atoms with Gasteiger partial charge in [-0.2, -0.15) is 0 Å². The van der Waals surface area contributed by atoms with Crippen LogP contribution in [0.5, 0.6) is 0 Å². The van der Waals surface area contributed by atoms with E-state index in [0.29, 0.717) is 16.9 Å². The molecule has 2 aromatic rings. The number of benzene rings is 1. The van der Waals surface area contributed by atoms with E-state index in [4.69, 9.17) is 4.42 Å². The van der Waals surface area contributed by atoms with Crippen molar-refractivity contribution in [2.24, 2.45) is 0 Å². The molecule has 0 unspecified atom stereocenters. The van der Waals surface area contributed by atoms with Gasteiger partial charge in [0, 0.05) is 31.7 Å². The van der Waals surface area contributed by atoms with Crippen molar-refractivity contribution in [1.29, 1.82) is 0 Å². The van der Waals surface area contributed by atoms with Gasteiger partial charge in [0.1, 0.15) is 0 Å². The average Bonchev–Trinajstić information content (AvgIpc) is 3.02. The molecule has 122 valence electrons. The van der Waals surface area contributed by atoms with Crippen molar-refractivity contribution in [1.82, 2.24) is 20.0 Å². The molecule has 6 nitrogen and oxygen atoms in total. The highest BCUT2D eigenvalue weighted by molar-refractivity contribution is 7.99. The van der Waals surface area contributed by atoms with Crippen LogP contribution in [-0.4, -0.2) is 64.9 Å². The lowest BCUT2D eigenvalue weighted by Crippen LogP contribution is -2.47. The molecule has 1 aliphatic rings. The molecule has 1 aliphatic heterocycles. The number of hydrogen-bond donors (Lipinski definition) is 0. The SMILES string of the molecule is Cc1ccccc1-c1nnc(SCC(=O)N2CCN(C)CC2)o1. The second kappa shape index (κ2) is 7.14. The number of nitrogens with zero attached hydrogens (tertiary/aromatic N) is 4. The Bertz CT molecular complexity index is 680. The van der Waals surface area contributed by atoms with Crippen molar-refractivity contribution >= 4 is 17.7 Å². The van der Waals surface area contributed by atoms with Gasteiger partial charge in [-0.15, -0.1) is 10.2 Å². The number of piperazine rings is 1. The summed E-state index contributed by atoms with van der Waals surface area (Å²) >= 11 is 1.30. The lowest BCUT2D eigenvalue weighted by Gasteiger charge is -2.32. The van der Waals surface area contributed by atoms with Gasteiger partial charge in [-0.1, -0.05) is 30.0 Å². The Morgan fingerprint density at radius 1 is 1.22 bits per heavy atom. The fourth-order valence-corrected chi connectivity index (χ4v) is 3.13. The monoisotopic (exact) mass is 332 g/mol. The van der Waals surface area contributed by atoms with Crippen molar-refractivity contribution < 1.29 is 9.21 Å². The van der Waals surface area contributed by atoms with Crippen LogP contribution in [0.25, 0.3) is 11.5 Å². The largest absolute Gasteiger partial charge is 0.411 e. The van der Waals surface area contributed by atoms with E-state index in [1.165, 1.54) is 11.8 Å². The van der Waals surface area contributed by atoms with E-state index < -0.39 is 0 Å². The van der Waals surface area contributed by atoms with Gasteiger partial charge in [-0.05, 0) is 25.6 Å². The first-order chi connectivity index (χ1) is 11.1. The van der Waals surface area contributed by atoms with E-state index in [9.17, 15) is 4.79 Å². The molecule has 0 spiro atoms. The van der Waals surface area contributed by atoms with E-state index in [-0.39, 0.29) is 5.91 Å². The molecule has 0 saturated carbocycles. The second-order valence-corrected chi connectivity index (χ2v) is 6.59. The van der Waals surface area contributed by atoms with Crippen molar-refractivity contribution in [2.75, 3.05) is 39.0 Å². The summed E-state index contributed by atoms with van der Waals surface area (Å²) < 4.78 is 5.67. The van der Waals surface area contributed by atoms with E-state index >= 15 is 0 Å². The topological polar surface area (TPSA) is 62.5 Å². The molecule has 1 aromatic heterocycles. The van der Waals surface area contributed by atoms with Crippen molar-refractivity contribution in [3.8, 4) is 11.5 Å². The normalized spacial score (nSPS) is 15.8. The van der Waals surface area contributed by atoms with Gasteiger partial charge in [-0.25, -0.2) is 0 Å². The van der Waals surface area contributed by atoms with Gasteiger partial charge in [0.25, 0.3) is 5.22 Å². The molecule has 2 heterocycles. The van der Waals surface area contributed by atoms with Crippen LogP contribution < -0.4 is 0 Å². The standard InChI is InChI=1S/C16H20N4O2S/c1-12-5-3-4-6-13(12)15-17-18-16(22-15)23-11-14(21)20-9-7-19(2)8-10-20/h3-6H,7-11H2,1-2H3. The Balaban J connectivity index is 1.57. The number of carbonyl (C=O) groups excluding carboxylic acids is 1. The number of amides is 1. The third-order valence-electron chi connectivity index (χ3n) is 3.96. The third-order valence-corrected chi connectivity index (χ3v) is 4.76. The Hall–Kier alpha value is -1.86. The molecule has 0 N–H and O–H groups in total. The minimum absolute atomic E-state index is 0.124. The zero-order valence-corrected chi connectivity index (χ0v) is 14.2. The zero-order chi connectivity index (χ0) is 16.2. The molecule has 1 amide bonds. The predicted octanol–water partition coefficient (Wildman–Crippen LogP) is 1.91. The lowest BCUT2D eigenvalue weighted by atomic mass is 10.1. The van der Waals surface area contributed by atoms with Crippen molar-refractivity contribution in [2.45, 2.75) is 12.1 Å². The van der Waals surface area contributed by atoms with Crippen molar-refractivity contribution in [3.63, 3.8) is 0 Å². The first-order valence-corrected chi connectivity index (χ1v) is 8.60. The highest BCUT2D eigenvalue weighted by Gasteiger charge is 2.20. The van der Waals surface area contributed by atoms with Crippen LogP contribution in [0.3, 0.4) is 0 Å². The van der Waals surface area contributed by atoms with Crippen LogP contribution in [0, 0.1) is 6.92 Å². The summed E-state index contributed by atoms with van der Waals surface area (Å²) in [5.41, 5.74) is 2.01. The summed E-state index contributed by atoms with van der Waals surface area (Å²) in [5.74, 6) is 0.954. The maximum Gasteiger partial charge on any atom is 0.277 e. The van der Waals surface area contributed by atoms with Gasteiger partial charge in [0.05, 0.1) is 5.75 Å². The number of thioether (sulfide) groups is 1. The fraction of sp³-hybridized carbons (Fsp3) is 0.438. The molecular formula is C16H20N4O2S. The molecule has 23 heavy (non-hydrogen) atoms. The molecule has 0 radical (unpaired) electrons. The summed E-state index contributed by atoms with van der Waals surface area (Å²) in [6.45, 7) is 5.43. The minimum atomic E-state index is 0.124. The van der Waals surface area contributed by atoms with Crippen LogP contribution in [0.1, 0.15) is 5.56 Å². The van der Waals surface area contributed by atoms with Gasteiger partial charge >= 0.3 is 0 Å². The van der Waals surface area contributed by atoms with Gasteiger partial charge in [0.2, 0.25) is 11.8 Å². The number of rotatable bonds is 4. The fourth-order valence-electron chi connectivity index (χ4n) is 2.46. The molecule has 0 atom stereocenters. The summed E-state index contributed by atoms with van der Waals surface area (Å²) in [6, 6.07) is 7.87. The van der Waals surface area contributed by atoms with E-state index in [1.54, 1.807) is 0 Å². The predicted molar refractivity (Wildman–Crippen MR) is 89.3 cm³/mol. The quantitative estimate of drug-likeness (QED) is 0.797. The van der Waals surface area contributed by atoms with Crippen LogP contribution in [0.15, 0.2) is 33.9 Å². The lowest BCUT2D eigenvalue weighted by molar-refractivity contribution is -0.129. The van der Waals surface area contributed by atoms with Crippen molar-refractivity contribution in [3.05, 3.63) is 29.8 Å². The molecular weight excluding hydrogens is 312 g/mol. The highest BCUT2D eigenvalue weighted by atomic mass is 32.2. The summed E-state index contributed by atoms with van der Waals surface area (Å²) in [7, 11) is 2.07. The summed E-state index contributed by atoms with van der Waals surface area (Å²) in [5, 5.41) is 8.54. The molecule has 7 heteroatoms. The van der Waals surface area contributed by atoms with E-state index in [2.05, 4.69) is 22.1 Å². The Kier molecular flexibility index (Phi) is 4.97. The zero-order valence-electron chi connectivity index (χ0n) is 13.4. The number of carbonyl (C=O) groups is 1. The number of likely N-dealkylation sites (N-methyl/N-ethyl adjacent to an activating group) is 1. The Morgan fingerprint density at radius 3 is 2.70 bits per heavy atom. The molecule has 0 bridgehead atoms. The third kappa shape index (κ3) is 3.92. The minimum Gasteiger partial charge on any atom is -0.411 e. The average molecular weight is 332 g/mol. The van der Waals surface area contributed by atoms with Crippen LogP contribution >= 0.6 is 11.8 Å². The molecule has 1 aromatic carbocycles. The number of aryl methyl sites for hydroxylation is 1. The van der Waals surface area contributed by atoms with E-state index in [0.717, 1.165) is 37.3 Å². The molecule has 3 rings (SSSR count). The van der Waals surface area contributed by atoms with Gasteiger partial charge in [0.15, 0.2) is 0 Å².